The zero-order valence-corrected chi connectivity index (χ0v) is 11.0. The number of nitrogens with zero attached hydrogens (tertiary/aromatic N) is 1. The van der Waals surface area contributed by atoms with E-state index in [1.165, 1.54) is 5.56 Å². The van der Waals surface area contributed by atoms with Gasteiger partial charge in [0.05, 0.1) is 11.1 Å². The van der Waals surface area contributed by atoms with Crippen molar-refractivity contribution in [3.05, 3.63) is 35.5 Å². The van der Waals surface area contributed by atoms with E-state index in [0.717, 1.165) is 48.8 Å². The van der Waals surface area contributed by atoms with E-state index in [-0.39, 0.29) is 5.91 Å². The number of rotatable bonds is 3. The van der Waals surface area contributed by atoms with Crippen LogP contribution in [0, 0.1) is 0 Å². The molecule has 4 heteroatoms. The number of carbonyl (C=O) groups is 1. The number of hydrogen-bond donors (Lipinski definition) is 2. The molecule has 3 rings (SSSR count). The number of likely N-dealkylation sites (tertiary alicyclic amines) is 1. The number of hydrogen-bond acceptors (Lipinski definition) is 2. The molecule has 19 heavy (non-hydrogen) atoms. The molecule has 2 aromatic rings. The van der Waals surface area contributed by atoms with Crippen LogP contribution >= 0.6 is 0 Å². The average Bonchev–Trinajstić information content (AvgIpc) is 3.08. The summed E-state index contributed by atoms with van der Waals surface area (Å²) >= 11 is 0. The van der Waals surface area contributed by atoms with Crippen molar-refractivity contribution in [3.63, 3.8) is 0 Å². The number of aromatic nitrogens is 1. The normalized spacial score (nSPS) is 15.3. The number of nitrogens with one attached hydrogen (secondary N) is 1. The van der Waals surface area contributed by atoms with Crippen molar-refractivity contribution < 1.29 is 4.79 Å². The predicted molar refractivity (Wildman–Crippen MR) is 76.2 cm³/mol. The highest BCUT2D eigenvalue weighted by atomic mass is 16.2. The molecule has 0 atom stereocenters. The molecule has 100 valence electrons. The Morgan fingerprint density at radius 1 is 1.32 bits per heavy atom. The van der Waals surface area contributed by atoms with Crippen LogP contribution in [-0.4, -0.2) is 35.4 Å². The second kappa shape index (κ2) is 5.05. The van der Waals surface area contributed by atoms with Crippen molar-refractivity contribution >= 4 is 16.8 Å². The number of aromatic amines is 1. The Morgan fingerprint density at radius 2 is 2.11 bits per heavy atom. The Kier molecular flexibility index (Phi) is 3.25. The summed E-state index contributed by atoms with van der Waals surface area (Å²) < 4.78 is 0. The Hall–Kier alpha value is -1.81. The van der Waals surface area contributed by atoms with Gasteiger partial charge in [-0.05, 0) is 37.4 Å². The summed E-state index contributed by atoms with van der Waals surface area (Å²) in [5, 5.41) is 1.12. The Bertz CT molecular complexity index is 596. The topological polar surface area (TPSA) is 62.1 Å². The van der Waals surface area contributed by atoms with Crippen LogP contribution in [0.4, 0.5) is 0 Å². The zero-order valence-electron chi connectivity index (χ0n) is 11.0. The van der Waals surface area contributed by atoms with Crippen LogP contribution in [-0.2, 0) is 6.42 Å². The van der Waals surface area contributed by atoms with E-state index >= 15 is 0 Å². The van der Waals surface area contributed by atoms with E-state index in [0.29, 0.717) is 6.54 Å². The minimum Gasteiger partial charge on any atom is -0.360 e. The molecule has 0 aliphatic carbocycles. The molecular weight excluding hydrogens is 238 g/mol. The lowest BCUT2D eigenvalue weighted by Crippen LogP contribution is -2.27. The fourth-order valence-electron chi connectivity index (χ4n) is 2.84. The molecular formula is C15H19N3O. The average molecular weight is 257 g/mol. The van der Waals surface area contributed by atoms with E-state index in [9.17, 15) is 4.79 Å². The number of H-pyrrole nitrogens is 1. The van der Waals surface area contributed by atoms with E-state index in [4.69, 9.17) is 5.73 Å². The van der Waals surface area contributed by atoms with Gasteiger partial charge in [0.15, 0.2) is 0 Å². The predicted octanol–water partition coefficient (Wildman–Crippen LogP) is 1.91. The summed E-state index contributed by atoms with van der Waals surface area (Å²) in [5.41, 5.74) is 8.53. The second-order valence-corrected chi connectivity index (χ2v) is 5.08. The third-order valence-corrected chi connectivity index (χ3v) is 3.84. The number of benzene rings is 1. The van der Waals surface area contributed by atoms with Gasteiger partial charge in [0.2, 0.25) is 0 Å². The minimum absolute atomic E-state index is 0.143. The summed E-state index contributed by atoms with van der Waals surface area (Å²) in [7, 11) is 0. The summed E-state index contributed by atoms with van der Waals surface area (Å²) in [6.45, 7) is 2.38. The second-order valence-electron chi connectivity index (χ2n) is 5.08. The number of para-hydroxylation sites is 1. The Balaban J connectivity index is 2.01. The van der Waals surface area contributed by atoms with Crippen LogP contribution in [0.5, 0.6) is 0 Å². The first-order valence-corrected chi connectivity index (χ1v) is 6.89. The summed E-state index contributed by atoms with van der Waals surface area (Å²) in [5.74, 6) is 0.143. The van der Waals surface area contributed by atoms with Crippen LogP contribution in [0.15, 0.2) is 24.4 Å². The van der Waals surface area contributed by atoms with Crippen molar-refractivity contribution in [1.29, 1.82) is 0 Å². The number of amides is 1. The Labute approximate surface area is 112 Å². The molecule has 0 unspecified atom stereocenters. The number of nitrogens with two attached hydrogens (primary N) is 1. The van der Waals surface area contributed by atoms with Gasteiger partial charge in [-0.15, -0.1) is 0 Å². The zero-order chi connectivity index (χ0) is 13.2. The van der Waals surface area contributed by atoms with E-state index in [1.54, 1.807) is 0 Å². The van der Waals surface area contributed by atoms with Gasteiger partial charge in [-0.3, -0.25) is 4.79 Å². The fourth-order valence-corrected chi connectivity index (χ4v) is 2.84. The van der Waals surface area contributed by atoms with Crippen LogP contribution in [0.2, 0.25) is 0 Å². The van der Waals surface area contributed by atoms with Gasteiger partial charge >= 0.3 is 0 Å². The van der Waals surface area contributed by atoms with Gasteiger partial charge in [0, 0.05) is 24.7 Å². The lowest BCUT2D eigenvalue weighted by molar-refractivity contribution is 0.0794. The molecule has 0 spiro atoms. The first-order chi connectivity index (χ1) is 9.31. The van der Waals surface area contributed by atoms with Crippen LogP contribution in [0.3, 0.4) is 0 Å². The molecule has 1 fully saturated rings. The molecule has 1 aliphatic rings. The van der Waals surface area contributed by atoms with Crippen LogP contribution < -0.4 is 5.73 Å². The third-order valence-electron chi connectivity index (χ3n) is 3.84. The first-order valence-electron chi connectivity index (χ1n) is 6.89. The molecule has 1 amide bonds. The van der Waals surface area contributed by atoms with Gasteiger partial charge < -0.3 is 15.6 Å². The fraction of sp³-hybridized carbons (Fsp3) is 0.400. The Morgan fingerprint density at radius 3 is 2.84 bits per heavy atom. The lowest BCUT2D eigenvalue weighted by Gasteiger charge is -2.15. The van der Waals surface area contributed by atoms with Gasteiger partial charge in [0.25, 0.3) is 5.91 Å². The maximum Gasteiger partial charge on any atom is 0.255 e. The molecule has 1 aliphatic heterocycles. The monoisotopic (exact) mass is 257 g/mol. The molecule has 2 heterocycles. The molecule has 3 N–H and O–H groups in total. The SMILES string of the molecule is NCCc1c[nH]c2c(C(=O)N3CCCC3)cccc12. The van der Waals surface area contributed by atoms with Gasteiger partial charge in [-0.1, -0.05) is 12.1 Å². The van der Waals surface area contributed by atoms with E-state index in [1.807, 2.05) is 23.2 Å². The third kappa shape index (κ3) is 2.12. The number of carbonyl (C=O) groups excluding carboxylic acids is 1. The van der Waals surface area contributed by atoms with Gasteiger partial charge in [-0.25, -0.2) is 0 Å². The highest BCUT2D eigenvalue weighted by Gasteiger charge is 2.21. The summed E-state index contributed by atoms with van der Waals surface area (Å²) in [4.78, 5) is 17.7. The smallest absolute Gasteiger partial charge is 0.255 e. The highest BCUT2D eigenvalue weighted by molar-refractivity contribution is 6.06. The van der Waals surface area contributed by atoms with Crippen molar-refractivity contribution in [1.82, 2.24) is 9.88 Å². The van der Waals surface area contributed by atoms with Crippen molar-refractivity contribution in [3.8, 4) is 0 Å². The quantitative estimate of drug-likeness (QED) is 0.882. The lowest BCUT2D eigenvalue weighted by atomic mass is 10.1. The van der Waals surface area contributed by atoms with Crippen LogP contribution in [0.1, 0.15) is 28.8 Å². The summed E-state index contributed by atoms with van der Waals surface area (Å²) in [6.07, 6.45) is 5.04. The molecule has 0 saturated carbocycles. The minimum atomic E-state index is 0.143. The first kappa shape index (κ1) is 12.2. The highest BCUT2D eigenvalue weighted by Crippen LogP contribution is 2.24. The molecule has 1 aromatic carbocycles. The van der Waals surface area contributed by atoms with E-state index < -0.39 is 0 Å². The molecule has 4 nitrogen and oxygen atoms in total. The largest absolute Gasteiger partial charge is 0.360 e. The van der Waals surface area contributed by atoms with Crippen molar-refractivity contribution in [2.24, 2.45) is 5.73 Å². The maximum absolute atomic E-state index is 12.5. The van der Waals surface area contributed by atoms with Crippen molar-refractivity contribution in [2.75, 3.05) is 19.6 Å². The van der Waals surface area contributed by atoms with E-state index in [2.05, 4.69) is 11.1 Å². The number of fused-ring (bicyclic) bond motifs is 1. The van der Waals surface area contributed by atoms with Gasteiger partial charge in [0.1, 0.15) is 0 Å². The van der Waals surface area contributed by atoms with Crippen molar-refractivity contribution in [2.45, 2.75) is 19.3 Å². The van der Waals surface area contributed by atoms with Crippen LogP contribution in [0.25, 0.3) is 10.9 Å². The molecule has 0 bridgehead atoms. The maximum atomic E-state index is 12.5. The molecule has 1 aromatic heterocycles. The molecule has 1 saturated heterocycles. The summed E-state index contributed by atoms with van der Waals surface area (Å²) in [6, 6.07) is 5.92. The van der Waals surface area contributed by atoms with Gasteiger partial charge in [-0.2, -0.15) is 0 Å². The molecule has 0 radical (unpaired) electrons. The standard InChI is InChI=1S/C15H19N3O/c16-7-6-11-10-17-14-12(11)4-3-5-13(14)15(19)18-8-1-2-9-18/h3-5,10,17H,1-2,6-9,16H2.